The summed E-state index contributed by atoms with van der Waals surface area (Å²) >= 11 is 6.26. The van der Waals surface area contributed by atoms with Crippen LogP contribution in [0.4, 0.5) is 5.69 Å². The SMILES string of the molecule is Cn1c(CNc2cccc(C(=O)N[C@@H]3CCOc4c(Cl)cccc43)c2)nnc1C1CCNCC1. The Bertz CT molecular complexity index is 1170. The molecule has 0 spiro atoms. The van der Waals surface area contributed by atoms with Crippen molar-refractivity contribution < 1.29 is 9.53 Å². The number of rotatable bonds is 6. The molecule has 8 nitrogen and oxygen atoms in total. The van der Waals surface area contributed by atoms with Crippen LogP contribution >= 0.6 is 11.6 Å². The Balaban J connectivity index is 1.24. The molecule has 9 heteroatoms. The minimum Gasteiger partial charge on any atom is -0.492 e. The average molecular weight is 481 g/mol. The number of ether oxygens (including phenoxy) is 1. The predicted molar refractivity (Wildman–Crippen MR) is 131 cm³/mol. The molecule has 5 rings (SSSR count). The van der Waals surface area contributed by atoms with Crippen molar-refractivity contribution in [3.63, 3.8) is 0 Å². The number of amides is 1. The largest absolute Gasteiger partial charge is 0.492 e. The van der Waals surface area contributed by atoms with E-state index in [2.05, 4.69) is 30.7 Å². The Kier molecular flexibility index (Phi) is 6.69. The van der Waals surface area contributed by atoms with Crippen molar-refractivity contribution in [2.24, 2.45) is 7.05 Å². The van der Waals surface area contributed by atoms with Gasteiger partial charge in [-0.1, -0.05) is 29.8 Å². The molecule has 0 aliphatic carbocycles. The number of para-hydroxylation sites is 1. The van der Waals surface area contributed by atoms with Crippen LogP contribution in [0.15, 0.2) is 42.5 Å². The van der Waals surface area contributed by atoms with Crippen LogP contribution < -0.4 is 20.7 Å². The number of hydrogen-bond acceptors (Lipinski definition) is 6. The molecule has 3 heterocycles. The lowest BCUT2D eigenvalue weighted by atomic mass is 9.97. The lowest BCUT2D eigenvalue weighted by Gasteiger charge is -2.27. The molecule has 3 N–H and O–H groups in total. The maximum Gasteiger partial charge on any atom is 0.251 e. The van der Waals surface area contributed by atoms with Gasteiger partial charge in [0.15, 0.2) is 5.82 Å². The molecule has 3 aromatic rings. The highest BCUT2D eigenvalue weighted by Gasteiger charge is 2.25. The van der Waals surface area contributed by atoms with Gasteiger partial charge in [0.05, 0.1) is 24.2 Å². The van der Waals surface area contributed by atoms with Crippen LogP contribution in [0, 0.1) is 0 Å². The number of aromatic nitrogens is 3. The third kappa shape index (κ3) is 4.74. The molecular formula is C25H29ClN6O2. The minimum absolute atomic E-state index is 0.131. The zero-order chi connectivity index (χ0) is 23.5. The van der Waals surface area contributed by atoms with Crippen LogP contribution in [0.1, 0.15) is 58.8 Å². The number of carbonyl (C=O) groups excluding carboxylic acids is 1. The summed E-state index contributed by atoms with van der Waals surface area (Å²) in [5.74, 6) is 2.89. The summed E-state index contributed by atoms with van der Waals surface area (Å²) in [4.78, 5) is 13.0. The number of carbonyl (C=O) groups is 1. The van der Waals surface area contributed by atoms with E-state index in [1.807, 2.05) is 43.4 Å². The van der Waals surface area contributed by atoms with Crippen molar-refractivity contribution in [1.82, 2.24) is 25.4 Å². The number of benzene rings is 2. The molecule has 0 saturated carbocycles. The Morgan fingerprint density at radius 3 is 2.85 bits per heavy atom. The van der Waals surface area contributed by atoms with Crippen molar-refractivity contribution in [3.05, 3.63) is 70.3 Å². The maximum absolute atomic E-state index is 13.0. The molecule has 1 aromatic heterocycles. The average Bonchev–Trinajstić information content (AvgIpc) is 3.24. The first-order valence-electron chi connectivity index (χ1n) is 11.7. The lowest BCUT2D eigenvalue weighted by molar-refractivity contribution is 0.0925. The van der Waals surface area contributed by atoms with E-state index in [1.54, 1.807) is 6.07 Å². The molecule has 1 amide bonds. The normalized spacial score (nSPS) is 18.1. The summed E-state index contributed by atoms with van der Waals surface area (Å²) < 4.78 is 7.80. The Morgan fingerprint density at radius 1 is 1.18 bits per heavy atom. The second-order valence-corrected chi connectivity index (χ2v) is 9.22. The van der Waals surface area contributed by atoms with Gasteiger partial charge in [0.2, 0.25) is 0 Å². The molecule has 0 bridgehead atoms. The van der Waals surface area contributed by atoms with Crippen LogP contribution in [0.5, 0.6) is 5.75 Å². The van der Waals surface area contributed by atoms with Gasteiger partial charge in [0, 0.05) is 36.2 Å². The number of piperidine rings is 1. The standard InChI is InChI=1S/C25H29ClN6O2/c1-32-22(30-31-24(32)16-8-11-27-12-9-16)15-28-18-5-2-4-17(14-18)25(33)29-21-10-13-34-23-19(21)6-3-7-20(23)26/h2-7,14,16,21,27-28H,8-13,15H2,1H3,(H,29,33)/t21-/m1/s1. The minimum atomic E-state index is -0.140. The molecule has 1 atom stereocenters. The number of hydrogen-bond donors (Lipinski definition) is 3. The lowest BCUT2D eigenvalue weighted by Crippen LogP contribution is -2.32. The van der Waals surface area contributed by atoms with Gasteiger partial charge in [0.25, 0.3) is 5.91 Å². The van der Waals surface area contributed by atoms with Gasteiger partial charge in [0.1, 0.15) is 11.6 Å². The predicted octanol–water partition coefficient (Wildman–Crippen LogP) is 3.80. The van der Waals surface area contributed by atoms with Gasteiger partial charge in [-0.3, -0.25) is 4.79 Å². The fraction of sp³-hybridized carbons (Fsp3) is 0.400. The van der Waals surface area contributed by atoms with E-state index in [0.717, 1.165) is 48.8 Å². The van der Waals surface area contributed by atoms with Gasteiger partial charge in [-0.25, -0.2) is 0 Å². The van der Waals surface area contributed by atoms with Crippen LogP contribution in [-0.4, -0.2) is 40.4 Å². The van der Waals surface area contributed by atoms with Gasteiger partial charge in [-0.05, 0) is 50.2 Å². The van der Waals surface area contributed by atoms with Crippen molar-refractivity contribution in [3.8, 4) is 5.75 Å². The molecule has 34 heavy (non-hydrogen) atoms. The first-order chi connectivity index (χ1) is 16.6. The van der Waals surface area contributed by atoms with Crippen molar-refractivity contribution in [1.29, 1.82) is 0 Å². The number of nitrogens with one attached hydrogen (secondary N) is 3. The quantitative estimate of drug-likeness (QED) is 0.497. The second kappa shape index (κ2) is 10.0. The summed E-state index contributed by atoms with van der Waals surface area (Å²) in [7, 11) is 2.02. The second-order valence-electron chi connectivity index (χ2n) is 8.81. The van der Waals surface area contributed by atoms with Gasteiger partial charge < -0.3 is 25.3 Å². The van der Waals surface area contributed by atoms with Crippen LogP contribution in [0.25, 0.3) is 0 Å². The zero-order valence-electron chi connectivity index (χ0n) is 19.2. The molecule has 2 aliphatic heterocycles. The number of anilines is 1. The summed E-state index contributed by atoms with van der Waals surface area (Å²) in [5.41, 5.74) is 2.36. The fourth-order valence-electron chi connectivity index (χ4n) is 4.69. The van der Waals surface area contributed by atoms with E-state index < -0.39 is 0 Å². The Hall–Kier alpha value is -3.10. The first-order valence-corrected chi connectivity index (χ1v) is 12.1. The van der Waals surface area contributed by atoms with Gasteiger partial charge in [-0.2, -0.15) is 0 Å². The van der Waals surface area contributed by atoms with E-state index in [1.165, 1.54) is 0 Å². The van der Waals surface area contributed by atoms with Crippen molar-refractivity contribution in [2.75, 3.05) is 25.0 Å². The van der Waals surface area contributed by atoms with E-state index >= 15 is 0 Å². The van der Waals surface area contributed by atoms with Crippen LogP contribution in [0.3, 0.4) is 0 Å². The highest BCUT2D eigenvalue weighted by molar-refractivity contribution is 6.32. The summed E-state index contributed by atoms with van der Waals surface area (Å²) in [6.45, 7) is 3.09. The van der Waals surface area contributed by atoms with Gasteiger partial charge in [-0.15, -0.1) is 10.2 Å². The smallest absolute Gasteiger partial charge is 0.251 e. The highest BCUT2D eigenvalue weighted by atomic mass is 35.5. The monoisotopic (exact) mass is 480 g/mol. The molecule has 0 radical (unpaired) electrons. The summed E-state index contributed by atoms with van der Waals surface area (Å²) in [6.07, 6.45) is 2.86. The molecule has 1 saturated heterocycles. The summed E-state index contributed by atoms with van der Waals surface area (Å²) in [6, 6.07) is 13.0. The molecule has 2 aliphatic rings. The van der Waals surface area contributed by atoms with E-state index in [9.17, 15) is 4.79 Å². The molecule has 0 unspecified atom stereocenters. The molecule has 1 fully saturated rings. The third-order valence-electron chi connectivity index (χ3n) is 6.61. The van der Waals surface area contributed by atoms with Crippen LogP contribution in [-0.2, 0) is 13.6 Å². The number of nitrogens with zero attached hydrogens (tertiary/aromatic N) is 3. The van der Waals surface area contributed by atoms with E-state index in [-0.39, 0.29) is 11.9 Å². The zero-order valence-corrected chi connectivity index (χ0v) is 19.9. The first kappa shape index (κ1) is 22.7. The van der Waals surface area contributed by atoms with Crippen molar-refractivity contribution in [2.45, 2.75) is 37.8 Å². The third-order valence-corrected chi connectivity index (χ3v) is 6.91. The molecular weight excluding hydrogens is 452 g/mol. The van der Waals surface area contributed by atoms with E-state index in [0.29, 0.717) is 41.8 Å². The molecule has 178 valence electrons. The van der Waals surface area contributed by atoms with E-state index in [4.69, 9.17) is 16.3 Å². The summed E-state index contributed by atoms with van der Waals surface area (Å²) in [5, 5.41) is 19.3. The fourth-order valence-corrected chi connectivity index (χ4v) is 4.93. The highest BCUT2D eigenvalue weighted by Crippen LogP contribution is 2.37. The number of halogens is 1. The topological polar surface area (TPSA) is 93.1 Å². The Labute approximate surface area is 204 Å². The van der Waals surface area contributed by atoms with Gasteiger partial charge >= 0.3 is 0 Å². The molecule has 2 aromatic carbocycles. The maximum atomic E-state index is 13.0. The number of fused-ring (bicyclic) bond motifs is 1. The van der Waals surface area contributed by atoms with Crippen LogP contribution in [0.2, 0.25) is 5.02 Å². The Morgan fingerprint density at radius 2 is 2.00 bits per heavy atom. The van der Waals surface area contributed by atoms with Crippen molar-refractivity contribution >= 4 is 23.2 Å².